The molecule has 0 spiro atoms. The summed E-state index contributed by atoms with van der Waals surface area (Å²) in [7, 11) is 3.93. The Hall–Kier alpha value is -2.94. The van der Waals surface area contributed by atoms with E-state index in [4.69, 9.17) is 9.68 Å². The second kappa shape index (κ2) is 15.0. The summed E-state index contributed by atoms with van der Waals surface area (Å²) < 4.78 is 5.61. The fourth-order valence-corrected chi connectivity index (χ4v) is 5.25. The average Bonchev–Trinajstić information content (AvgIpc) is 3.36. The standard InChI is InChI=1S/C27H36N6O4S.ClH/c1-18(2)16-21(22(34)24-31-32-26(37-24)38-15-14-33(3)4)29-25(36)27(12-6-5-7-13-27)30-23(35)20-10-8-19(17-28)9-11-20;/h8-11,18,21H,5-7,12-16H2,1-4H3,(H,29,36)(H,30,35);1H. The molecule has 1 aliphatic carbocycles. The average molecular weight is 577 g/mol. The smallest absolute Gasteiger partial charge is 0.286 e. The van der Waals surface area contributed by atoms with Gasteiger partial charge in [0.2, 0.25) is 11.7 Å². The second-order valence-corrected chi connectivity index (χ2v) is 11.4. The third-order valence-electron chi connectivity index (χ3n) is 6.48. The number of hydrogen-bond donors (Lipinski definition) is 2. The van der Waals surface area contributed by atoms with Gasteiger partial charge in [-0.2, -0.15) is 5.26 Å². The largest absolute Gasteiger partial charge is 0.408 e. The Balaban J connectivity index is 0.00000533. The van der Waals surface area contributed by atoms with Gasteiger partial charge in [0.1, 0.15) is 5.54 Å². The number of amides is 2. The third-order valence-corrected chi connectivity index (χ3v) is 7.28. The van der Waals surface area contributed by atoms with Crippen LogP contribution in [0.15, 0.2) is 33.9 Å². The number of carbonyl (C=O) groups is 3. The number of carbonyl (C=O) groups excluding carboxylic acids is 3. The van der Waals surface area contributed by atoms with Gasteiger partial charge in [-0.05, 0) is 63.5 Å². The molecule has 2 N–H and O–H groups in total. The van der Waals surface area contributed by atoms with Crippen LogP contribution in [0, 0.1) is 17.2 Å². The summed E-state index contributed by atoms with van der Waals surface area (Å²) in [6.07, 6.45) is 3.84. The van der Waals surface area contributed by atoms with Crippen molar-refractivity contribution < 1.29 is 18.8 Å². The first kappa shape index (κ1) is 32.3. The van der Waals surface area contributed by atoms with Crippen LogP contribution in [0.4, 0.5) is 0 Å². The van der Waals surface area contributed by atoms with E-state index in [1.807, 2.05) is 38.9 Å². The van der Waals surface area contributed by atoms with Crippen LogP contribution in [0.5, 0.6) is 0 Å². The summed E-state index contributed by atoms with van der Waals surface area (Å²) in [4.78, 5) is 42.2. The van der Waals surface area contributed by atoms with Crippen molar-refractivity contribution in [1.82, 2.24) is 25.7 Å². The van der Waals surface area contributed by atoms with E-state index in [2.05, 4.69) is 20.8 Å². The van der Waals surface area contributed by atoms with E-state index in [-0.39, 0.29) is 24.2 Å². The van der Waals surface area contributed by atoms with Gasteiger partial charge >= 0.3 is 0 Å². The Labute approximate surface area is 240 Å². The number of halogens is 1. The Morgan fingerprint density at radius 2 is 1.79 bits per heavy atom. The summed E-state index contributed by atoms with van der Waals surface area (Å²) in [5.74, 6) is -0.522. The van der Waals surface area contributed by atoms with Crippen LogP contribution >= 0.6 is 24.2 Å². The number of nitrogens with zero attached hydrogens (tertiary/aromatic N) is 4. The molecule has 12 heteroatoms. The maximum atomic E-state index is 13.7. The molecule has 2 aromatic rings. The van der Waals surface area contributed by atoms with E-state index >= 15 is 0 Å². The Morgan fingerprint density at radius 3 is 2.38 bits per heavy atom. The minimum atomic E-state index is -1.14. The number of nitrogens with one attached hydrogen (secondary N) is 2. The fourth-order valence-electron chi connectivity index (χ4n) is 4.38. The first-order valence-corrected chi connectivity index (χ1v) is 13.9. The van der Waals surface area contributed by atoms with Crippen LogP contribution in [0.1, 0.15) is 79.0 Å². The Kier molecular flexibility index (Phi) is 12.4. The van der Waals surface area contributed by atoms with Crippen LogP contribution in [0.25, 0.3) is 0 Å². The molecule has 39 heavy (non-hydrogen) atoms. The highest BCUT2D eigenvalue weighted by Gasteiger charge is 2.43. The topological polar surface area (TPSA) is 141 Å². The molecule has 1 saturated carbocycles. The van der Waals surface area contributed by atoms with Crippen molar-refractivity contribution in [2.75, 3.05) is 26.4 Å². The summed E-state index contributed by atoms with van der Waals surface area (Å²) >= 11 is 1.37. The van der Waals surface area contributed by atoms with Gasteiger partial charge in [0.05, 0.1) is 17.7 Å². The number of hydrogen-bond acceptors (Lipinski definition) is 9. The van der Waals surface area contributed by atoms with Gasteiger partial charge in [-0.25, -0.2) is 0 Å². The van der Waals surface area contributed by atoms with Crippen molar-refractivity contribution in [1.29, 1.82) is 5.26 Å². The zero-order chi connectivity index (χ0) is 27.7. The molecule has 0 bridgehead atoms. The number of Topliss-reactive ketones (excluding diaryl/α,β-unsaturated/α-hetero) is 1. The molecule has 0 saturated heterocycles. The van der Waals surface area contributed by atoms with Gasteiger partial charge in [-0.1, -0.05) is 44.9 Å². The Bertz CT molecular complexity index is 1160. The lowest BCUT2D eigenvalue weighted by Gasteiger charge is -2.37. The number of aromatic nitrogens is 2. The quantitative estimate of drug-likeness (QED) is 0.284. The molecule has 1 aromatic carbocycles. The van der Waals surface area contributed by atoms with E-state index in [1.165, 1.54) is 11.8 Å². The summed E-state index contributed by atoms with van der Waals surface area (Å²) in [6.45, 7) is 4.75. The predicted molar refractivity (Wildman–Crippen MR) is 151 cm³/mol. The van der Waals surface area contributed by atoms with Gasteiger partial charge in [-0.3, -0.25) is 14.4 Å². The highest BCUT2D eigenvalue weighted by molar-refractivity contribution is 7.99. The van der Waals surface area contributed by atoms with Crippen LogP contribution in [-0.4, -0.2) is 70.7 Å². The minimum Gasteiger partial charge on any atom is -0.408 e. The van der Waals surface area contributed by atoms with E-state index < -0.39 is 29.2 Å². The maximum Gasteiger partial charge on any atom is 0.286 e. The number of rotatable bonds is 12. The number of ketones is 1. The third kappa shape index (κ3) is 9.05. The summed E-state index contributed by atoms with van der Waals surface area (Å²) in [5, 5.41) is 23.1. The van der Waals surface area contributed by atoms with Gasteiger partial charge in [-0.15, -0.1) is 22.6 Å². The van der Waals surface area contributed by atoms with E-state index in [9.17, 15) is 14.4 Å². The molecule has 1 atom stereocenters. The van der Waals surface area contributed by atoms with E-state index in [0.29, 0.717) is 35.6 Å². The van der Waals surface area contributed by atoms with Gasteiger partial charge < -0.3 is 20.0 Å². The number of thioether (sulfide) groups is 1. The lowest BCUT2D eigenvalue weighted by molar-refractivity contribution is -0.129. The van der Waals surface area contributed by atoms with Crippen LogP contribution in [0.3, 0.4) is 0 Å². The lowest BCUT2D eigenvalue weighted by Crippen LogP contribution is -2.62. The van der Waals surface area contributed by atoms with Gasteiger partial charge in [0.25, 0.3) is 17.0 Å². The van der Waals surface area contributed by atoms with Crippen molar-refractivity contribution >= 4 is 41.8 Å². The maximum absolute atomic E-state index is 13.7. The highest BCUT2D eigenvalue weighted by Crippen LogP contribution is 2.30. The molecule has 212 valence electrons. The summed E-state index contributed by atoms with van der Waals surface area (Å²) in [5.41, 5.74) is -0.329. The van der Waals surface area contributed by atoms with Crippen molar-refractivity contribution in [3.05, 3.63) is 41.3 Å². The van der Waals surface area contributed by atoms with Gasteiger partial charge in [0.15, 0.2) is 0 Å². The molecule has 1 heterocycles. The normalized spacial score (nSPS) is 15.2. The molecular formula is C27H37ClN6O4S. The SMILES string of the molecule is CC(C)CC(NC(=O)C1(NC(=O)c2ccc(C#N)cc2)CCCCC1)C(=O)c1nnc(SCCN(C)C)o1.Cl. The van der Waals surface area contributed by atoms with Crippen molar-refractivity contribution in [3.8, 4) is 6.07 Å². The highest BCUT2D eigenvalue weighted by atomic mass is 35.5. The zero-order valence-electron chi connectivity index (χ0n) is 22.9. The van der Waals surface area contributed by atoms with E-state index in [0.717, 1.165) is 31.6 Å². The monoisotopic (exact) mass is 576 g/mol. The van der Waals surface area contributed by atoms with Gasteiger partial charge in [0, 0.05) is 17.9 Å². The molecular weight excluding hydrogens is 540 g/mol. The zero-order valence-corrected chi connectivity index (χ0v) is 24.5. The van der Waals surface area contributed by atoms with Crippen LogP contribution in [-0.2, 0) is 4.79 Å². The van der Waals surface area contributed by atoms with E-state index in [1.54, 1.807) is 24.3 Å². The first-order valence-electron chi connectivity index (χ1n) is 12.9. The Morgan fingerprint density at radius 1 is 1.13 bits per heavy atom. The predicted octanol–water partition coefficient (Wildman–Crippen LogP) is 3.86. The molecule has 1 fully saturated rings. The molecule has 0 aliphatic heterocycles. The number of nitriles is 1. The van der Waals surface area contributed by atoms with Crippen molar-refractivity contribution in [2.24, 2.45) is 5.92 Å². The van der Waals surface area contributed by atoms with Crippen molar-refractivity contribution in [2.45, 2.75) is 69.2 Å². The molecule has 1 aromatic heterocycles. The van der Waals surface area contributed by atoms with Crippen LogP contribution in [0.2, 0.25) is 0 Å². The fraction of sp³-hybridized carbons (Fsp3) is 0.556. The van der Waals surface area contributed by atoms with Crippen molar-refractivity contribution in [3.63, 3.8) is 0 Å². The minimum absolute atomic E-state index is 0. The molecule has 2 amide bonds. The van der Waals surface area contributed by atoms with Crippen LogP contribution < -0.4 is 10.6 Å². The molecule has 1 unspecified atom stereocenters. The molecule has 3 rings (SSSR count). The summed E-state index contributed by atoms with van der Waals surface area (Å²) in [6, 6.07) is 7.43. The molecule has 0 radical (unpaired) electrons. The number of benzene rings is 1. The lowest BCUT2D eigenvalue weighted by atomic mass is 9.80. The second-order valence-electron chi connectivity index (χ2n) is 10.3. The molecule has 10 nitrogen and oxygen atoms in total. The molecule has 1 aliphatic rings. The first-order chi connectivity index (χ1) is 18.1.